The largest absolute Gasteiger partial charge is 0.296 e. The number of aromatic nitrogens is 4. The number of hydrogen-bond acceptors (Lipinski definition) is 4. The molecule has 0 bridgehead atoms. The summed E-state index contributed by atoms with van der Waals surface area (Å²) in [5, 5.41) is 12.2. The van der Waals surface area contributed by atoms with Crippen molar-refractivity contribution in [3.63, 3.8) is 0 Å². The molecule has 8 heteroatoms. The third-order valence-corrected chi connectivity index (χ3v) is 7.98. The Morgan fingerprint density at radius 3 is 2.44 bits per heavy atom. The molecule has 32 heavy (non-hydrogen) atoms. The minimum absolute atomic E-state index is 0.206. The molecule has 0 amide bonds. The second-order valence-electron chi connectivity index (χ2n) is 8.33. The number of benzene rings is 2. The summed E-state index contributed by atoms with van der Waals surface area (Å²) in [6.07, 6.45) is 3.67. The standard InChI is InChI=1S/C24H21BrCl2N4S/c1-13(2)21-20(24-30-29-23(32-24)14-4-3-5-14)28-22(18-11-8-16(26)12-19(18)27)31(21)17-9-6-15(25)7-10-17/h6-14H,3-5H2,1-2H3. The van der Waals surface area contributed by atoms with Crippen molar-refractivity contribution in [3.8, 4) is 27.8 Å². The molecule has 2 aromatic heterocycles. The molecular formula is C24H21BrCl2N4S. The molecule has 1 saturated carbocycles. The van der Waals surface area contributed by atoms with Crippen LogP contribution in [0.3, 0.4) is 0 Å². The van der Waals surface area contributed by atoms with Crippen LogP contribution >= 0.6 is 50.5 Å². The second-order valence-corrected chi connectivity index (χ2v) is 11.1. The van der Waals surface area contributed by atoms with Crippen molar-refractivity contribution in [2.75, 3.05) is 0 Å². The molecule has 1 fully saturated rings. The molecule has 0 aliphatic heterocycles. The lowest BCUT2D eigenvalue weighted by Crippen LogP contribution is -2.07. The molecule has 2 aromatic carbocycles. The van der Waals surface area contributed by atoms with Crippen LogP contribution in [0.2, 0.25) is 10.0 Å². The van der Waals surface area contributed by atoms with Crippen LogP contribution in [-0.2, 0) is 0 Å². The average molecular weight is 548 g/mol. The molecule has 0 spiro atoms. The Labute approximate surface area is 209 Å². The molecule has 0 unspecified atom stereocenters. The van der Waals surface area contributed by atoms with Crippen LogP contribution in [0.5, 0.6) is 0 Å². The molecule has 0 N–H and O–H groups in total. The monoisotopic (exact) mass is 546 g/mol. The van der Waals surface area contributed by atoms with Crippen molar-refractivity contribution in [3.05, 3.63) is 67.7 Å². The van der Waals surface area contributed by atoms with Crippen molar-refractivity contribution < 1.29 is 0 Å². The fourth-order valence-electron chi connectivity index (χ4n) is 3.98. The van der Waals surface area contributed by atoms with Gasteiger partial charge in [-0.25, -0.2) is 4.98 Å². The van der Waals surface area contributed by atoms with Gasteiger partial charge in [0.05, 0.1) is 10.7 Å². The third kappa shape index (κ3) is 4.03. The first kappa shape index (κ1) is 22.1. The van der Waals surface area contributed by atoms with Crippen molar-refractivity contribution in [1.29, 1.82) is 0 Å². The second kappa shape index (κ2) is 8.90. The van der Waals surface area contributed by atoms with E-state index in [1.54, 1.807) is 17.4 Å². The fourth-order valence-corrected chi connectivity index (χ4v) is 5.74. The summed E-state index contributed by atoms with van der Waals surface area (Å²) >= 11 is 18.0. The first-order chi connectivity index (χ1) is 15.4. The van der Waals surface area contributed by atoms with Gasteiger partial charge in [0.15, 0.2) is 5.01 Å². The van der Waals surface area contributed by atoms with E-state index >= 15 is 0 Å². The van der Waals surface area contributed by atoms with Crippen LogP contribution in [0.1, 0.15) is 55.6 Å². The first-order valence-corrected chi connectivity index (χ1v) is 13.0. The summed E-state index contributed by atoms with van der Waals surface area (Å²) in [7, 11) is 0. The molecule has 1 aliphatic rings. The van der Waals surface area contributed by atoms with Crippen LogP contribution in [0.4, 0.5) is 0 Å². The van der Waals surface area contributed by atoms with Gasteiger partial charge in [-0.1, -0.05) is 70.7 Å². The van der Waals surface area contributed by atoms with E-state index in [1.807, 2.05) is 24.3 Å². The van der Waals surface area contributed by atoms with Gasteiger partial charge in [0.1, 0.15) is 16.5 Å². The predicted octanol–water partition coefficient (Wildman–Crippen LogP) is 8.52. The highest BCUT2D eigenvalue weighted by Crippen LogP contribution is 2.43. The summed E-state index contributed by atoms with van der Waals surface area (Å²) in [6, 6.07) is 13.8. The van der Waals surface area contributed by atoms with Gasteiger partial charge >= 0.3 is 0 Å². The van der Waals surface area contributed by atoms with Gasteiger partial charge < -0.3 is 0 Å². The summed E-state index contributed by atoms with van der Waals surface area (Å²) in [5.41, 5.74) is 3.80. The van der Waals surface area contributed by atoms with Crippen molar-refractivity contribution in [2.45, 2.75) is 44.9 Å². The highest BCUT2D eigenvalue weighted by atomic mass is 79.9. The van der Waals surface area contributed by atoms with Gasteiger partial charge in [-0.15, -0.1) is 10.2 Å². The zero-order valence-corrected chi connectivity index (χ0v) is 21.6. The van der Waals surface area contributed by atoms with E-state index in [2.05, 4.69) is 56.7 Å². The SMILES string of the molecule is CC(C)c1c(-c2nnc(C3CCC3)s2)nc(-c2ccc(Cl)cc2Cl)n1-c1ccc(Br)cc1. The maximum absolute atomic E-state index is 6.64. The summed E-state index contributed by atoms with van der Waals surface area (Å²) < 4.78 is 3.21. The maximum Gasteiger partial charge on any atom is 0.168 e. The molecule has 0 radical (unpaired) electrons. The lowest BCUT2D eigenvalue weighted by atomic mass is 9.86. The number of imidazole rings is 1. The minimum Gasteiger partial charge on any atom is -0.296 e. The number of hydrogen-bond donors (Lipinski definition) is 0. The Kier molecular flexibility index (Phi) is 6.14. The van der Waals surface area contributed by atoms with Crippen molar-refractivity contribution in [1.82, 2.24) is 19.7 Å². The Balaban J connectivity index is 1.75. The summed E-state index contributed by atoms with van der Waals surface area (Å²) in [5.74, 6) is 1.52. The first-order valence-electron chi connectivity index (χ1n) is 10.6. The van der Waals surface area contributed by atoms with Crippen molar-refractivity contribution >= 4 is 50.5 Å². The minimum atomic E-state index is 0.206. The molecule has 0 saturated heterocycles. The zero-order valence-electron chi connectivity index (χ0n) is 17.6. The lowest BCUT2D eigenvalue weighted by Gasteiger charge is -2.21. The molecule has 164 valence electrons. The molecule has 2 heterocycles. The Morgan fingerprint density at radius 1 is 1.06 bits per heavy atom. The van der Waals surface area contributed by atoms with E-state index in [0.29, 0.717) is 16.0 Å². The number of rotatable bonds is 5. The van der Waals surface area contributed by atoms with E-state index in [-0.39, 0.29) is 5.92 Å². The molecule has 4 nitrogen and oxygen atoms in total. The number of nitrogens with zero attached hydrogens (tertiary/aromatic N) is 4. The van der Waals surface area contributed by atoms with Crippen LogP contribution in [0.15, 0.2) is 46.9 Å². The predicted molar refractivity (Wildman–Crippen MR) is 136 cm³/mol. The fraction of sp³-hybridized carbons (Fsp3) is 0.292. The molecule has 1 aliphatic carbocycles. The topological polar surface area (TPSA) is 43.6 Å². The van der Waals surface area contributed by atoms with E-state index < -0.39 is 0 Å². The summed E-state index contributed by atoms with van der Waals surface area (Å²) in [6.45, 7) is 4.36. The van der Waals surface area contributed by atoms with E-state index in [9.17, 15) is 0 Å². The Hall–Kier alpha value is -1.73. The molecule has 0 atom stereocenters. The van der Waals surface area contributed by atoms with Crippen LogP contribution in [-0.4, -0.2) is 19.7 Å². The Morgan fingerprint density at radius 2 is 1.81 bits per heavy atom. The average Bonchev–Trinajstić information content (AvgIpc) is 3.32. The zero-order chi connectivity index (χ0) is 22.4. The van der Waals surface area contributed by atoms with Gasteiger partial charge in [-0.05, 0) is 61.2 Å². The van der Waals surface area contributed by atoms with Crippen LogP contribution in [0.25, 0.3) is 27.8 Å². The van der Waals surface area contributed by atoms with E-state index in [1.165, 1.54) is 19.3 Å². The van der Waals surface area contributed by atoms with Gasteiger partial charge in [0.25, 0.3) is 0 Å². The third-order valence-electron chi connectivity index (χ3n) is 5.81. The smallest absolute Gasteiger partial charge is 0.168 e. The van der Waals surface area contributed by atoms with Gasteiger partial charge in [0, 0.05) is 26.7 Å². The molecule has 4 aromatic rings. The highest BCUT2D eigenvalue weighted by molar-refractivity contribution is 9.10. The molecular weight excluding hydrogens is 527 g/mol. The number of halogens is 3. The molecule has 5 rings (SSSR count). The van der Waals surface area contributed by atoms with Gasteiger partial charge in [0.2, 0.25) is 0 Å². The van der Waals surface area contributed by atoms with E-state index in [0.717, 1.165) is 43.0 Å². The quantitative estimate of drug-likeness (QED) is 0.251. The lowest BCUT2D eigenvalue weighted by molar-refractivity contribution is 0.416. The van der Waals surface area contributed by atoms with Gasteiger partial charge in [-0.2, -0.15) is 0 Å². The van der Waals surface area contributed by atoms with Crippen LogP contribution < -0.4 is 0 Å². The van der Waals surface area contributed by atoms with Gasteiger partial charge in [-0.3, -0.25) is 4.57 Å². The normalized spacial score (nSPS) is 14.2. The summed E-state index contributed by atoms with van der Waals surface area (Å²) in [4.78, 5) is 5.11. The van der Waals surface area contributed by atoms with Crippen LogP contribution in [0, 0.1) is 0 Å². The highest BCUT2D eigenvalue weighted by Gasteiger charge is 2.28. The Bertz CT molecular complexity index is 1280. The maximum atomic E-state index is 6.64. The van der Waals surface area contributed by atoms with E-state index in [4.69, 9.17) is 28.2 Å². The van der Waals surface area contributed by atoms with Crippen molar-refractivity contribution in [2.24, 2.45) is 0 Å².